The third kappa shape index (κ3) is 3.19. The van der Waals surface area contributed by atoms with Crippen LogP contribution in [0.5, 0.6) is 0 Å². The normalized spacial score (nSPS) is 27.2. The molecule has 2 aromatic carbocycles. The van der Waals surface area contributed by atoms with Crippen molar-refractivity contribution in [1.82, 2.24) is 14.8 Å². The van der Waals surface area contributed by atoms with Gasteiger partial charge >= 0.3 is 0 Å². The largest absolute Gasteiger partial charge is 0.272 e. The number of benzene rings is 2. The third-order valence-electron chi connectivity index (χ3n) is 7.69. The van der Waals surface area contributed by atoms with Gasteiger partial charge in [0, 0.05) is 24.6 Å². The monoisotopic (exact) mass is 523 g/mol. The summed E-state index contributed by atoms with van der Waals surface area (Å²) in [5, 5.41) is 20.3. The van der Waals surface area contributed by atoms with Crippen LogP contribution in [0.15, 0.2) is 46.1 Å². The van der Waals surface area contributed by atoms with Gasteiger partial charge in [-0.15, -0.1) is 0 Å². The van der Waals surface area contributed by atoms with Crippen LogP contribution in [0.2, 0.25) is 0 Å². The van der Waals surface area contributed by atoms with Crippen molar-refractivity contribution in [3.05, 3.63) is 63.8 Å². The predicted octanol–water partition coefficient (Wildman–Crippen LogP) is 5.32. The zero-order chi connectivity index (χ0) is 23.6. The number of amides is 1. The SMILES string of the molecule is N#Cc1ccc2c(cnn2C[C@@H]2CC3(C(=O)N4N=CCC4c4cc(F)c(Br)c(F)c4)CC2C3)c1. The molecule has 1 aromatic heterocycles. The van der Waals surface area contributed by atoms with Crippen molar-refractivity contribution >= 4 is 39.0 Å². The Hall–Kier alpha value is -3.12. The van der Waals surface area contributed by atoms with Crippen molar-refractivity contribution in [1.29, 1.82) is 5.26 Å². The Morgan fingerprint density at radius 1 is 1.21 bits per heavy atom. The highest BCUT2D eigenvalue weighted by atomic mass is 79.9. The number of aromatic nitrogens is 2. The highest BCUT2D eigenvalue weighted by Gasteiger charge is 2.62. The molecule has 4 aliphatic rings. The minimum Gasteiger partial charge on any atom is -0.272 e. The third-order valence-corrected chi connectivity index (χ3v) is 8.44. The maximum atomic E-state index is 14.1. The zero-order valence-corrected chi connectivity index (χ0v) is 19.7. The second kappa shape index (κ2) is 7.70. The highest BCUT2D eigenvalue weighted by molar-refractivity contribution is 9.10. The molecule has 3 aliphatic carbocycles. The van der Waals surface area contributed by atoms with Gasteiger partial charge in [-0.2, -0.15) is 15.5 Å². The number of rotatable bonds is 4. The number of hydrazone groups is 1. The first-order valence-electron chi connectivity index (χ1n) is 11.2. The molecule has 6 nitrogen and oxygen atoms in total. The molecule has 1 amide bonds. The summed E-state index contributed by atoms with van der Waals surface area (Å²) in [6, 6.07) is 9.73. The topological polar surface area (TPSA) is 74.3 Å². The molecule has 0 spiro atoms. The number of hydrogen-bond donors (Lipinski definition) is 0. The first kappa shape index (κ1) is 21.4. The lowest BCUT2D eigenvalue weighted by Gasteiger charge is -2.40. The summed E-state index contributed by atoms with van der Waals surface area (Å²) >= 11 is 2.90. The Morgan fingerprint density at radius 2 is 1.97 bits per heavy atom. The van der Waals surface area contributed by atoms with E-state index in [0.29, 0.717) is 35.9 Å². The maximum Gasteiger partial charge on any atom is 0.249 e. The molecule has 9 heteroatoms. The van der Waals surface area contributed by atoms with E-state index in [2.05, 4.69) is 32.2 Å². The Morgan fingerprint density at radius 3 is 2.71 bits per heavy atom. The number of nitriles is 1. The van der Waals surface area contributed by atoms with E-state index in [-0.39, 0.29) is 10.4 Å². The standard InChI is InChI=1S/C25H20BrF2N5O/c26-23-19(27)6-15(7-20(23)28)22-3-4-30-33(22)24(34)25-8-17(9-25)18(10-25)13-32-21-2-1-14(11-29)5-16(21)12-31-32/h1-2,4-7,12,17-18,22H,3,8-10,13H2/t17?,18-,22?,25?/m0/s1. The molecule has 0 radical (unpaired) electrons. The van der Waals surface area contributed by atoms with Crippen LogP contribution in [-0.2, 0) is 11.3 Å². The summed E-state index contributed by atoms with van der Waals surface area (Å²) in [6.45, 7) is 0.713. The van der Waals surface area contributed by atoms with Crippen LogP contribution < -0.4 is 0 Å². The molecule has 0 N–H and O–H groups in total. The summed E-state index contributed by atoms with van der Waals surface area (Å²) in [4.78, 5) is 13.6. The van der Waals surface area contributed by atoms with Gasteiger partial charge in [0.15, 0.2) is 0 Å². The van der Waals surface area contributed by atoms with Gasteiger partial charge in [0.05, 0.1) is 39.3 Å². The molecule has 34 heavy (non-hydrogen) atoms. The van der Waals surface area contributed by atoms with Gasteiger partial charge in [0.25, 0.3) is 0 Å². The summed E-state index contributed by atoms with van der Waals surface area (Å²) in [6.07, 6.45) is 6.20. The second-order valence-electron chi connectivity index (χ2n) is 9.62. The van der Waals surface area contributed by atoms with Gasteiger partial charge in [0.2, 0.25) is 5.91 Å². The van der Waals surface area contributed by atoms with Crippen molar-refractivity contribution in [2.75, 3.05) is 0 Å². The fraction of sp³-hybridized carbons (Fsp3) is 0.360. The molecular formula is C25H20BrF2N5O. The lowest BCUT2D eigenvalue weighted by Crippen LogP contribution is -2.45. The molecule has 2 bridgehead atoms. The molecule has 172 valence electrons. The van der Waals surface area contributed by atoms with E-state index in [1.807, 2.05) is 16.8 Å². The van der Waals surface area contributed by atoms with E-state index >= 15 is 0 Å². The van der Waals surface area contributed by atoms with Crippen LogP contribution in [-0.4, -0.2) is 26.9 Å². The predicted molar refractivity (Wildman–Crippen MR) is 124 cm³/mol. The molecule has 0 saturated heterocycles. The molecule has 2 heterocycles. The first-order chi connectivity index (χ1) is 16.4. The number of carbonyl (C=O) groups excluding carboxylic acids is 1. The zero-order valence-electron chi connectivity index (χ0n) is 18.1. The second-order valence-corrected chi connectivity index (χ2v) is 10.4. The van der Waals surface area contributed by atoms with Crippen molar-refractivity contribution < 1.29 is 13.6 Å². The van der Waals surface area contributed by atoms with E-state index < -0.39 is 23.1 Å². The number of carbonyl (C=O) groups is 1. The van der Waals surface area contributed by atoms with Crippen LogP contribution in [0, 0.1) is 40.2 Å². The minimum atomic E-state index is -0.689. The van der Waals surface area contributed by atoms with Crippen molar-refractivity contribution in [2.45, 2.75) is 38.3 Å². The molecule has 3 aromatic rings. The van der Waals surface area contributed by atoms with Gasteiger partial charge in [-0.1, -0.05) is 0 Å². The van der Waals surface area contributed by atoms with Crippen LogP contribution in [0.25, 0.3) is 10.9 Å². The molecule has 3 fully saturated rings. The van der Waals surface area contributed by atoms with Gasteiger partial charge < -0.3 is 0 Å². The van der Waals surface area contributed by atoms with Crippen LogP contribution in [0.1, 0.15) is 42.9 Å². The van der Waals surface area contributed by atoms with Crippen molar-refractivity contribution in [2.24, 2.45) is 22.4 Å². The molecular weight excluding hydrogens is 504 g/mol. The fourth-order valence-electron chi connectivity index (χ4n) is 6.01. The van der Waals surface area contributed by atoms with E-state index in [9.17, 15) is 13.6 Å². The molecule has 7 rings (SSSR count). The van der Waals surface area contributed by atoms with Gasteiger partial charge in [-0.25, -0.2) is 13.8 Å². The lowest BCUT2D eigenvalue weighted by molar-refractivity contribution is -0.148. The van der Waals surface area contributed by atoms with Crippen LogP contribution >= 0.6 is 15.9 Å². The Kier molecular flexibility index (Phi) is 4.85. The summed E-state index contributed by atoms with van der Waals surface area (Å²) in [5.41, 5.74) is 1.52. The van der Waals surface area contributed by atoms with E-state index in [1.165, 1.54) is 17.1 Å². The molecule has 3 saturated carbocycles. The Balaban J connectivity index is 1.20. The van der Waals surface area contributed by atoms with E-state index in [1.54, 1.807) is 18.5 Å². The quantitative estimate of drug-likeness (QED) is 0.434. The number of hydrogen-bond acceptors (Lipinski definition) is 4. The smallest absolute Gasteiger partial charge is 0.249 e. The van der Waals surface area contributed by atoms with E-state index in [0.717, 1.165) is 30.2 Å². The molecule has 2 atom stereocenters. The van der Waals surface area contributed by atoms with Crippen molar-refractivity contribution in [3.63, 3.8) is 0 Å². The maximum absolute atomic E-state index is 14.1. The summed E-state index contributed by atoms with van der Waals surface area (Å²) in [5.74, 6) is -0.682. The Bertz CT molecular complexity index is 1380. The van der Waals surface area contributed by atoms with Gasteiger partial charge in [-0.3, -0.25) is 9.48 Å². The average Bonchev–Trinajstić information content (AvgIpc) is 3.58. The average molecular weight is 524 g/mol. The molecule has 1 unspecified atom stereocenters. The van der Waals surface area contributed by atoms with Gasteiger partial charge in [0.1, 0.15) is 11.6 Å². The summed E-state index contributed by atoms with van der Waals surface area (Å²) < 4.78 is 30.0. The van der Waals surface area contributed by atoms with Crippen LogP contribution in [0.3, 0.4) is 0 Å². The lowest BCUT2D eigenvalue weighted by atomic mass is 9.68. The van der Waals surface area contributed by atoms with Gasteiger partial charge in [-0.05, 0) is 82.9 Å². The summed E-state index contributed by atoms with van der Waals surface area (Å²) in [7, 11) is 0. The number of halogens is 3. The minimum absolute atomic E-state index is 0.0577. The number of nitrogens with zero attached hydrogens (tertiary/aromatic N) is 5. The molecule has 1 aliphatic heterocycles. The number of fused-ring (bicyclic) bond motifs is 2. The van der Waals surface area contributed by atoms with Crippen molar-refractivity contribution in [3.8, 4) is 6.07 Å². The fourth-order valence-corrected chi connectivity index (χ4v) is 6.24. The Labute approximate surface area is 203 Å². The highest BCUT2D eigenvalue weighted by Crippen LogP contribution is 2.63. The van der Waals surface area contributed by atoms with E-state index in [4.69, 9.17) is 5.26 Å². The van der Waals surface area contributed by atoms with Crippen LogP contribution in [0.4, 0.5) is 8.78 Å². The first-order valence-corrected chi connectivity index (χ1v) is 12.0.